The molecule has 1 N–H and O–H groups in total. The van der Waals surface area contributed by atoms with Crippen molar-refractivity contribution in [3.63, 3.8) is 0 Å². The molecule has 0 spiro atoms. The van der Waals surface area contributed by atoms with Crippen molar-refractivity contribution in [2.24, 2.45) is 7.05 Å². The summed E-state index contributed by atoms with van der Waals surface area (Å²) >= 11 is 0. The normalized spacial score (nSPS) is 11.0. The van der Waals surface area contributed by atoms with E-state index in [-0.39, 0.29) is 0 Å². The minimum atomic E-state index is 0.807. The summed E-state index contributed by atoms with van der Waals surface area (Å²) in [5, 5.41) is 3.26. The Morgan fingerprint density at radius 2 is 2.36 bits per heavy atom. The molecule has 0 aliphatic carbocycles. The molecule has 2 aromatic heterocycles. The maximum Gasteiger partial charge on any atom is 0.123 e. The van der Waals surface area contributed by atoms with Crippen LogP contribution < -0.4 is 5.32 Å². The molecule has 2 aromatic rings. The number of fused-ring (bicyclic) bond motifs is 1. The van der Waals surface area contributed by atoms with Gasteiger partial charge in [-0.05, 0) is 12.6 Å². The van der Waals surface area contributed by atoms with Crippen LogP contribution in [0.4, 0.5) is 0 Å². The van der Waals surface area contributed by atoms with Gasteiger partial charge < -0.3 is 9.88 Å². The summed E-state index contributed by atoms with van der Waals surface area (Å²) in [6, 6.07) is 1.98. The minimum Gasteiger partial charge on any atom is -0.330 e. The molecule has 0 aromatic carbocycles. The minimum absolute atomic E-state index is 0.807. The van der Waals surface area contributed by atoms with Crippen LogP contribution in [0.15, 0.2) is 18.5 Å². The molecule has 0 bridgehead atoms. The van der Waals surface area contributed by atoms with Gasteiger partial charge in [-0.25, -0.2) is 4.98 Å². The van der Waals surface area contributed by atoms with E-state index in [1.165, 1.54) is 0 Å². The number of nitrogens with zero attached hydrogens (tertiary/aromatic N) is 3. The molecule has 0 saturated heterocycles. The van der Waals surface area contributed by atoms with Crippen LogP contribution in [0.5, 0.6) is 0 Å². The van der Waals surface area contributed by atoms with Crippen molar-refractivity contribution in [1.82, 2.24) is 19.9 Å². The Morgan fingerprint density at radius 1 is 1.50 bits per heavy atom. The average molecular weight is 190 g/mol. The van der Waals surface area contributed by atoms with Gasteiger partial charge in [-0.2, -0.15) is 0 Å². The maximum atomic E-state index is 4.49. The Balaban J connectivity index is 2.41. The maximum absolute atomic E-state index is 4.49. The van der Waals surface area contributed by atoms with Crippen molar-refractivity contribution in [1.29, 1.82) is 0 Å². The molecule has 74 valence electrons. The lowest BCUT2D eigenvalue weighted by Gasteiger charge is -2.01. The zero-order valence-corrected chi connectivity index (χ0v) is 8.49. The van der Waals surface area contributed by atoms with Crippen molar-refractivity contribution in [3.05, 3.63) is 24.3 Å². The van der Waals surface area contributed by atoms with Crippen LogP contribution >= 0.6 is 0 Å². The lowest BCUT2D eigenvalue weighted by atomic mass is 10.4. The summed E-state index contributed by atoms with van der Waals surface area (Å²) in [4.78, 5) is 8.54. The first kappa shape index (κ1) is 9.15. The predicted octanol–water partition coefficient (Wildman–Crippen LogP) is 1.08. The molecule has 14 heavy (non-hydrogen) atoms. The summed E-state index contributed by atoms with van der Waals surface area (Å²) in [7, 11) is 2.03. The number of rotatable bonds is 3. The van der Waals surface area contributed by atoms with E-state index >= 15 is 0 Å². The van der Waals surface area contributed by atoms with Crippen molar-refractivity contribution in [2.75, 3.05) is 6.54 Å². The number of nitrogens with one attached hydrogen (secondary N) is 1. The first-order valence-electron chi connectivity index (χ1n) is 4.79. The fourth-order valence-electron chi connectivity index (χ4n) is 1.50. The Hall–Kier alpha value is -1.42. The third-order valence-corrected chi connectivity index (χ3v) is 2.31. The molecule has 0 fully saturated rings. The predicted molar refractivity (Wildman–Crippen MR) is 55.9 cm³/mol. The van der Waals surface area contributed by atoms with E-state index in [4.69, 9.17) is 0 Å². The van der Waals surface area contributed by atoms with Gasteiger partial charge in [0.25, 0.3) is 0 Å². The van der Waals surface area contributed by atoms with Crippen LogP contribution in [0, 0.1) is 0 Å². The fraction of sp³-hybridized carbons (Fsp3) is 0.400. The highest BCUT2D eigenvalue weighted by atomic mass is 15.1. The van der Waals surface area contributed by atoms with Gasteiger partial charge in [0, 0.05) is 13.2 Å². The van der Waals surface area contributed by atoms with Gasteiger partial charge in [-0.1, -0.05) is 6.92 Å². The van der Waals surface area contributed by atoms with Gasteiger partial charge in [-0.15, -0.1) is 0 Å². The average Bonchev–Trinajstić information content (AvgIpc) is 2.54. The molecule has 0 atom stereocenters. The molecule has 0 saturated carbocycles. The number of hydrogen-bond donors (Lipinski definition) is 1. The van der Waals surface area contributed by atoms with Crippen LogP contribution in [0.1, 0.15) is 12.7 Å². The lowest BCUT2D eigenvalue weighted by Crippen LogP contribution is -2.15. The van der Waals surface area contributed by atoms with Gasteiger partial charge in [0.2, 0.25) is 0 Å². The third kappa shape index (κ3) is 1.48. The van der Waals surface area contributed by atoms with Gasteiger partial charge >= 0.3 is 0 Å². The molecule has 4 nitrogen and oxygen atoms in total. The van der Waals surface area contributed by atoms with Crippen LogP contribution in [0.25, 0.3) is 11.0 Å². The van der Waals surface area contributed by atoms with Gasteiger partial charge in [0.05, 0.1) is 18.3 Å². The van der Waals surface area contributed by atoms with Crippen molar-refractivity contribution < 1.29 is 0 Å². The summed E-state index contributed by atoms with van der Waals surface area (Å²) in [5.41, 5.74) is 2.09. The Morgan fingerprint density at radius 3 is 3.07 bits per heavy atom. The first-order valence-corrected chi connectivity index (χ1v) is 4.79. The van der Waals surface area contributed by atoms with Crippen LogP contribution in [0.3, 0.4) is 0 Å². The molecular formula is C10H14N4. The molecule has 2 heterocycles. The topological polar surface area (TPSA) is 42.7 Å². The highest BCUT2D eigenvalue weighted by Crippen LogP contribution is 2.12. The summed E-state index contributed by atoms with van der Waals surface area (Å²) in [6.45, 7) is 3.85. The van der Waals surface area contributed by atoms with Crippen molar-refractivity contribution in [2.45, 2.75) is 13.5 Å². The number of imidazole rings is 1. The SMILES string of the molecule is CCNCc1nc2cnccc2n1C. The Labute approximate surface area is 83.0 Å². The zero-order chi connectivity index (χ0) is 9.97. The van der Waals surface area contributed by atoms with Crippen molar-refractivity contribution >= 4 is 11.0 Å². The summed E-state index contributed by atoms with van der Waals surface area (Å²) in [5.74, 6) is 1.05. The number of pyridine rings is 1. The first-order chi connectivity index (χ1) is 6.83. The molecule has 0 radical (unpaired) electrons. The highest BCUT2D eigenvalue weighted by molar-refractivity contribution is 5.74. The summed E-state index contributed by atoms with van der Waals surface area (Å²) in [6.07, 6.45) is 3.59. The van der Waals surface area contributed by atoms with E-state index in [0.29, 0.717) is 0 Å². The van der Waals surface area contributed by atoms with Crippen molar-refractivity contribution in [3.8, 4) is 0 Å². The van der Waals surface area contributed by atoms with Crippen LogP contribution in [0.2, 0.25) is 0 Å². The van der Waals surface area contributed by atoms with Gasteiger partial charge in [0.1, 0.15) is 11.3 Å². The second-order valence-corrected chi connectivity index (χ2v) is 3.23. The molecule has 0 amide bonds. The standard InChI is InChI=1S/C10H14N4/c1-3-11-7-10-13-8-6-12-5-4-9(8)14(10)2/h4-6,11H,3,7H2,1-2H3. The van der Waals surface area contributed by atoms with E-state index in [9.17, 15) is 0 Å². The molecule has 0 aliphatic rings. The molecule has 0 unspecified atom stereocenters. The van der Waals surface area contributed by atoms with Gasteiger partial charge in [-0.3, -0.25) is 4.98 Å². The quantitative estimate of drug-likeness (QED) is 0.787. The number of hydrogen-bond acceptors (Lipinski definition) is 3. The smallest absolute Gasteiger partial charge is 0.123 e. The van der Waals surface area contributed by atoms with Crippen LogP contribution in [-0.4, -0.2) is 21.1 Å². The van der Waals surface area contributed by atoms with Gasteiger partial charge in [0.15, 0.2) is 0 Å². The number of aryl methyl sites for hydroxylation is 1. The molecule has 0 aliphatic heterocycles. The molecule has 2 rings (SSSR count). The monoisotopic (exact) mass is 190 g/mol. The fourth-order valence-corrected chi connectivity index (χ4v) is 1.50. The lowest BCUT2D eigenvalue weighted by molar-refractivity contribution is 0.667. The second kappa shape index (κ2) is 3.75. The van der Waals surface area contributed by atoms with E-state index in [0.717, 1.165) is 29.9 Å². The Bertz CT molecular complexity index is 433. The largest absolute Gasteiger partial charge is 0.330 e. The van der Waals surface area contributed by atoms with E-state index < -0.39 is 0 Å². The third-order valence-electron chi connectivity index (χ3n) is 2.31. The van der Waals surface area contributed by atoms with E-state index in [2.05, 4.69) is 26.8 Å². The molecular weight excluding hydrogens is 176 g/mol. The van der Waals surface area contributed by atoms with E-state index in [1.54, 1.807) is 12.4 Å². The van der Waals surface area contributed by atoms with Crippen LogP contribution in [-0.2, 0) is 13.6 Å². The van der Waals surface area contributed by atoms with E-state index in [1.807, 2.05) is 13.1 Å². The molecule has 4 heteroatoms. The summed E-state index contributed by atoms with van der Waals surface area (Å²) < 4.78 is 2.10. The number of aromatic nitrogens is 3. The highest BCUT2D eigenvalue weighted by Gasteiger charge is 2.05. The second-order valence-electron chi connectivity index (χ2n) is 3.23. The Kier molecular flexibility index (Phi) is 2.45. The zero-order valence-electron chi connectivity index (χ0n) is 8.49.